The first-order chi connectivity index (χ1) is 6.92. The Morgan fingerprint density at radius 2 is 2.33 bits per heavy atom. The van der Waals surface area contributed by atoms with E-state index in [1.165, 1.54) is 20.1 Å². The van der Waals surface area contributed by atoms with Gasteiger partial charge in [0, 0.05) is 6.54 Å². The maximum atomic E-state index is 11.3. The van der Waals surface area contributed by atoms with Crippen LogP contribution in [0.2, 0.25) is 0 Å². The number of furan rings is 1. The molecule has 84 valence electrons. The predicted molar refractivity (Wildman–Crippen MR) is 53.4 cm³/mol. The Morgan fingerprint density at radius 1 is 1.73 bits per heavy atom. The van der Waals surface area contributed by atoms with Crippen molar-refractivity contribution >= 4 is 5.97 Å². The maximum Gasteiger partial charge on any atom is 0.341 e. The molecule has 0 aliphatic heterocycles. The largest absolute Gasteiger partial charge is 0.465 e. The molecule has 1 atom stereocenters. The van der Waals surface area contributed by atoms with Gasteiger partial charge in [0.25, 0.3) is 0 Å². The Bertz CT molecular complexity index is 367. The third kappa shape index (κ3) is 2.19. The molecule has 1 aromatic rings. The number of hydrogen-bond donors (Lipinski definition) is 2. The molecule has 15 heavy (non-hydrogen) atoms. The molecule has 1 aromatic heterocycles. The molecular formula is C10H15NO4. The number of esters is 1. The lowest BCUT2D eigenvalue weighted by Gasteiger charge is -2.17. The first kappa shape index (κ1) is 11.7. The fourth-order valence-corrected chi connectivity index (χ4v) is 1.16. The monoisotopic (exact) mass is 213 g/mol. The standard InChI is InChI=1S/C10H15NO4/c1-6-7(9(12)14-3)4-8(15-6)10(2,13)5-11/h4,13H,5,11H2,1-3H3. The predicted octanol–water partition coefficient (Wildman–Crippen LogP) is 0.541. The highest BCUT2D eigenvalue weighted by Gasteiger charge is 2.28. The van der Waals surface area contributed by atoms with E-state index in [0.717, 1.165) is 0 Å². The number of hydrogen-bond acceptors (Lipinski definition) is 5. The van der Waals surface area contributed by atoms with E-state index in [0.29, 0.717) is 11.3 Å². The van der Waals surface area contributed by atoms with Crippen molar-refractivity contribution < 1.29 is 19.1 Å². The highest BCUT2D eigenvalue weighted by Crippen LogP contribution is 2.25. The number of aliphatic hydroxyl groups is 1. The summed E-state index contributed by atoms with van der Waals surface area (Å²) in [7, 11) is 1.29. The molecule has 0 radical (unpaired) electrons. The average molecular weight is 213 g/mol. The molecule has 1 unspecified atom stereocenters. The van der Waals surface area contributed by atoms with Gasteiger partial charge < -0.3 is 20.0 Å². The van der Waals surface area contributed by atoms with Crippen LogP contribution in [0.5, 0.6) is 0 Å². The van der Waals surface area contributed by atoms with Gasteiger partial charge in [-0.1, -0.05) is 0 Å². The molecule has 0 amide bonds. The van der Waals surface area contributed by atoms with Crippen LogP contribution in [0.4, 0.5) is 0 Å². The maximum absolute atomic E-state index is 11.3. The van der Waals surface area contributed by atoms with Crippen molar-refractivity contribution in [3.05, 3.63) is 23.2 Å². The number of nitrogens with two attached hydrogens (primary N) is 1. The minimum absolute atomic E-state index is 0.0145. The number of carbonyl (C=O) groups is 1. The summed E-state index contributed by atoms with van der Waals surface area (Å²) in [6, 6.07) is 1.45. The van der Waals surface area contributed by atoms with Gasteiger partial charge in [-0.15, -0.1) is 0 Å². The highest BCUT2D eigenvalue weighted by atomic mass is 16.5. The third-order valence-corrected chi connectivity index (χ3v) is 2.25. The second-order valence-corrected chi connectivity index (χ2v) is 3.55. The Morgan fingerprint density at radius 3 is 2.80 bits per heavy atom. The minimum Gasteiger partial charge on any atom is -0.465 e. The first-order valence-electron chi connectivity index (χ1n) is 4.54. The Hall–Kier alpha value is -1.33. The average Bonchev–Trinajstić information content (AvgIpc) is 2.60. The van der Waals surface area contributed by atoms with Gasteiger partial charge in [-0.2, -0.15) is 0 Å². The van der Waals surface area contributed by atoms with E-state index < -0.39 is 11.6 Å². The van der Waals surface area contributed by atoms with E-state index in [2.05, 4.69) is 4.74 Å². The fourth-order valence-electron chi connectivity index (χ4n) is 1.16. The molecule has 0 spiro atoms. The van der Waals surface area contributed by atoms with Crippen LogP contribution < -0.4 is 5.73 Å². The topological polar surface area (TPSA) is 85.7 Å². The lowest BCUT2D eigenvalue weighted by molar-refractivity contribution is 0.0424. The molecule has 0 saturated carbocycles. The summed E-state index contributed by atoms with van der Waals surface area (Å²) in [6.45, 7) is 3.16. The van der Waals surface area contributed by atoms with Gasteiger partial charge in [-0.25, -0.2) is 4.79 Å². The van der Waals surface area contributed by atoms with Gasteiger partial charge in [-0.3, -0.25) is 0 Å². The Labute approximate surface area is 87.8 Å². The SMILES string of the molecule is COC(=O)c1cc(C(C)(O)CN)oc1C. The number of carbonyl (C=O) groups excluding carboxylic acids is 1. The van der Waals surface area contributed by atoms with Crippen molar-refractivity contribution in [2.45, 2.75) is 19.4 Å². The van der Waals surface area contributed by atoms with Crippen molar-refractivity contribution in [3.63, 3.8) is 0 Å². The molecule has 0 aliphatic carbocycles. The zero-order chi connectivity index (χ0) is 11.6. The van der Waals surface area contributed by atoms with Crippen LogP contribution in [0, 0.1) is 6.92 Å². The molecule has 0 fully saturated rings. The molecule has 1 rings (SSSR count). The summed E-state index contributed by atoms with van der Waals surface area (Å²) in [5.74, 6) is 0.184. The summed E-state index contributed by atoms with van der Waals surface area (Å²) >= 11 is 0. The van der Waals surface area contributed by atoms with Crippen LogP contribution in [-0.4, -0.2) is 24.7 Å². The Balaban J connectivity index is 3.11. The second kappa shape index (κ2) is 4.04. The molecule has 0 aliphatic rings. The van der Waals surface area contributed by atoms with Gasteiger partial charge >= 0.3 is 5.97 Å². The zero-order valence-corrected chi connectivity index (χ0v) is 9.03. The van der Waals surface area contributed by atoms with Crippen LogP contribution >= 0.6 is 0 Å². The minimum atomic E-state index is -1.27. The van der Waals surface area contributed by atoms with Gasteiger partial charge in [0.1, 0.15) is 22.7 Å². The summed E-state index contributed by atoms with van der Waals surface area (Å²) < 4.78 is 9.83. The highest BCUT2D eigenvalue weighted by molar-refractivity contribution is 5.90. The van der Waals surface area contributed by atoms with E-state index in [1.54, 1.807) is 6.92 Å². The molecule has 0 aromatic carbocycles. The van der Waals surface area contributed by atoms with Crippen molar-refractivity contribution in [1.82, 2.24) is 0 Å². The van der Waals surface area contributed by atoms with Crippen LogP contribution in [0.1, 0.15) is 28.8 Å². The van der Waals surface area contributed by atoms with Crippen LogP contribution in [0.15, 0.2) is 10.5 Å². The first-order valence-corrected chi connectivity index (χ1v) is 4.54. The van der Waals surface area contributed by atoms with Gasteiger partial charge in [-0.05, 0) is 19.9 Å². The second-order valence-electron chi connectivity index (χ2n) is 3.55. The van der Waals surface area contributed by atoms with E-state index in [-0.39, 0.29) is 12.3 Å². The molecule has 0 bridgehead atoms. The van der Waals surface area contributed by atoms with Gasteiger partial charge in [0.05, 0.1) is 7.11 Å². The number of methoxy groups -OCH3 is 1. The van der Waals surface area contributed by atoms with Gasteiger partial charge in [0.15, 0.2) is 0 Å². The number of ether oxygens (including phenoxy) is 1. The smallest absolute Gasteiger partial charge is 0.341 e. The van der Waals surface area contributed by atoms with Crippen LogP contribution in [0.25, 0.3) is 0 Å². The molecule has 5 heteroatoms. The normalized spacial score (nSPS) is 14.7. The molecular weight excluding hydrogens is 198 g/mol. The molecule has 3 N–H and O–H groups in total. The van der Waals surface area contributed by atoms with Crippen molar-refractivity contribution in [2.24, 2.45) is 5.73 Å². The fraction of sp³-hybridized carbons (Fsp3) is 0.500. The number of aryl methyl sites for hydroxylation is 1. The molecule has 5 nitrogen and oxygen atoms in total. The quantitative estimate of drug-likeness (QED) is 0.716. The van der Waals surface area contributed by atoms with Gasteiger partial charge in [0.2, 0.25) is 0 Å². The van der Waals surface area contributed by atoms with E-state index >= 15 is 0 Å². The van der Waals surface area contributed by atoms with Crippen molar-refractivity contribution in [1.29, 1.82) is 0 Å². The summed E-state index contributed by atoms with van der Waals surface area (Å²) in [4.78, 5) is 11.3. The lowest BCUT2D eigenvalue weighted by atomic mass is 10.0. The van der Waals surface area contributed by atoms with Crippen LogP contribution in [0.3, 0.4) is 0 Å². The zero-order valence-electron chi connectivity index (χ0n) is 9.03. The Kier molecular flexibility index (Phi) is 3.16. The van der Waals surface area contributed by atoms with E-state index in [9.17, 15) is 9.90 Å². The third-order valence-electron chi connectivity index (χ3n) is 2.25. The van der Waals surface area contributed by atoms with E-state index in [1.807, 2.05) is 0 Å². The summed E-state index contributed by atoms with van der Waals surface area (Å²) in [5.41, 5.74) is 4.42. The van der Waals surface area contributed by atoms with Crippen molar-refractivity contribution in [2.75, 3.05) is 13.7 Å². The lowest BCUT2D eigenvalue weighted by Crippen LogP contribution is -2.30. The molecule has 1 heterocycles. The summed E-state index contributed by atoms with van der Waals surface area (Å²) in [6.07, 6.45) is 0. The van der Waals surface area contributed by atoms with Crippen LogP contribution in [-0.2, 0) is 10.3 Å². The summed E-state index contributed by atoms with van der Waals surface area (Å²) in [5, 5.41) is 9.82. The van der Waals surface area contributed by atoms with Crippen molar-refractivity contribution in [3.8, 4) is 0 Å². The molecule has 0 saturated heterocycles. The number of rotatable bonds is 3. The van der Waals surface area contributed by atoms with E-state index in [4.69, 9.17) is 10.2 Å².